The van der Waals surface area contributed by atoms with Crippen molar-refractivity contribution in [3.05, 3.63) is 82.6 Å². The van der Waals surface area contributed by atoms with E-state index in [0.29, 0.717) is 42.8 Å². The monoisotopic (exact) mass is 442 g/mol. The van der Waals surface area contributed by atoms with Gasteiger partial charge < -0.3 is 10.6 Å². The number of carbonyl (C=O) groups excluding carboxylic acids is 2. The fourth-order valence-corrected chi connectivity index (χ4v) is 5.48. The van der Waals surface area contributed by atoms with Crippen molar-refractivity contribution in [3.8, 4) is 6.07 Å². The highest BCUT2D eigenvalue weighted by molar-refractivity contribution is 6.20. The normalized spacial score (nSPS) is 22.1. The molecular weight excluding hydrogens is 419 g/mol. The first-order valence-electron chi connectivity index (χ1n) is 11.1. The van der Waals surface area contributed by atoms with Crippen LogP contribution in [0, 0.1) is 17.1 Å². The molecule has 0 aromatic heterocycles. The number of nitrogens with zero attached hydrogens (tertiary/aromatic N) is 3. The van der Waals surface area contributed by atoms with Gasteiger partial charge in [-0.2, -0.15) is 5.26 Å². The smallest absolute Gasteiger partial charge is 0.247 e. The lowest BCUT2D eigenvalue weighted by molar-refractivity contribution is -0.124. The van der Waals surface area contributed by atoms with Gasteiger partial charge in [-0.1, -0.05) is 37.3 Å². The molecule has 3 aliphatic rings. The molecule has 2 aromatic rings. The molecule has 7 heteroatoms. The molecule has 166 valence electrons. The molecule has 0 saturated heterocycles. The van der Waals surface area contributed by atoms with Crippen LogP contribution in [0.1, 0.15) is 38.2 Å². The second-order valence-electron chi connectivity index (χ2n) is 8.48. The maximum atomic E-state index is 14.9. The average Bonchev–Trinajstić information content (AvgIpc) is 3.05. The molecule has 1 aliphatic carbocycles. The summed E-state index contributed by atoms with van der Waals surface area (Å²) in [5, 5.41) is 10.3. The Morgan fingerprint density at radius 1 is 1.09 bits per heavy atom. The predicted octanol–water partition coefficient (Wildman–Crippen LogP) is 4.04. The number of nitriles is 1. The van der Waals surface area contributed by atoms with Crippen LogP contribution in [0.3, 0.4) is 0 Å². The Kier molecular flexibility index (Phi) is 4.82. The van der Waals surface area contributed by atoms with Crippen LogP contribution in [0.2, 0.25) is 0 Å². The number of allylic oxidation sites excluding steroid dienone is 1. The zero-order valence-electron chi connectivity index (χ0n) is 18.3. The lowest BCUT2D eigenvalue weighted by atomic mass is 9.63. The third kappa shape index (κ3) is 2.64. The Labute approximate surface area is 191 Å². The van der Waals surface area contributed by atoms with Crippen molar-refractivity contribution in [2.75, 3.05) is 16.3 Å². The van der Waals surface area contributed by atoms with Gasteiger partial charge in [-0.25, -0.2) is 4.39 Å². The molecule has 1 spiro atoms. The number of rotatable bonds is 3. The summed E-state index contributed by atoms with van der Waals surface area (Å²) < 4.78 is 14.9. The molecule has 33 heavy (non-hydrogen) atoms. The molecule has 0 fully saturated rings. The summed E-state index contributed by atoms with van der Waals surface area (Å²) in [7, 11) is 0. The molecule has 2 aromatic carbocycles. The van der Waals surface area contributed by atoms with E-state index in [2.05, 4.69) is 6.07 Å². The van der Waals surface area contributed by atoms with Crippen LogP contribution >= 0.6 is 0 Å². The molecule has 0 unspecified atom stereocenters. The second-order valence-corrected chi connectivity index (χ2v) is 8.48. The molecule has 2 heterocycles. The minimum absolute atomic E-state index is 0.0162. The number of amides is 1. The number of anilines is 2. The number of nitrogens with two attached hydrogens (primary N) is 1. The highest BCUT2D eigenvalue weighted by Gasteiger charge is 2.62. The van der Waals surface area contributed by atoms with Gasteiger partial charge in [0.25, 0.3) is 0 Å². The van der Waals surface area contributed by atoms with Crippen LogP contribution < -0.4 is 15.5 Å². The number of fused-ring (bicyclic) bond motifs is 3. The standard InChI is InChI=1S/C26H23FN4O2/c1-2-14-30-19-10-5-3-8-16(19)26(25(30)33)17(15-28)24(29)31(20-11-6-4-9-18(20)27)21-12-7-13-22(32)23(21)26/h3-6,8-11H,2,7,12-14,29H2,1H3/t26-/m1/s1. The molecule has 1 atom stereocenters. The molecule has 0 saturated carbocycles. The summed E-state index contributed by atoms with van der Waals surface area (Å²) in [5.41, 5.74) is 7.09. The van der Waals surface area contributed by atoms with Gasteiger partial charge in [0.15, 0.2) is 5.78 Å². The molecule has 0 radical (unpaired) electrons. The Balaban J connectivity index is 1.89. The van der Waals surface area contributed by atoms with Gasteiger partial charge in [-0.15, -0.1) is 0 Å². The average molecular weight is 442 g/mol. The Bertz CT molecular complexity index is 1310. The molecule has 1 amide bonds. The minimum atomic E-state index is -1.61. The first kappa shape index (κ1) is 21.0. The van der Waals surface area contributed by atoms with Gasteiger partial charge in [0, 0.05) is 35.5 Å². The van der Waals surface area contributed by atoms with Crippen molar-refractivity contribution in [3.63, 3.8) is 0 Å². The van der Waals surface area contributed by atoms with Crippen molar-refractivity contribution in [2.24, 2.45) is 5.73 Å². The van der Waals surface area contributed by atoms with Crippen LogP contribution in [0.25, 0.3) is 0 Å². The van der Waals surface area contributed by atoms with Crippen LogP contribution in [-0.4, -0.2) is 18.2 Å². The van der Waals surface area contributed by atoms with Gasteiger partial charge in [-0.3, -0.25) is 14.5 Å². The summed E-state index contributed by atoms with van der Waals surface area (Å²) in [6.07, 6.45) is 1.97. The zero-order valence-corrected chi connectivity index (χ0v) is 18.3. The van der Waals surface area contributed by atoms with Gasteiger partial charge >= 0.3 is 0 Å². The number of hydrogen-bond donors (Lipinski definition) is 1. The summed E-state index contributed by atoms with van der Waals surface area (Å²) in [4.78, 5) is 30.8. The van der Waals surface area contributed by atoms with Crippen LogP contribution in [0.5, 0.6) is 0 Å². The predicted molar refractivity (Wildman–Crippen MR) is 122 cm³/mol. The third-order valence-corrected chi connectivity index (χ3v) is 6.72. The summed E-state index contributed by atoms with van der Waals surface area (Å²) >= 11 is 0. The van der Waals surface area contributed by atoms with E-state index in [1.807, 2.05) is 19.1 Å². The molecule has 0 bridgehead atoms. The number of carbonyl (C=O) groups is 2. The lowest BCUT2D eigenvalue weighted by Crippen LogP contribution is -2.52. The van der Waals surface area contributed by atoms with Crippen LogP contribution in [0.15, 0.2) is 71.2 Å². The van der Waals surface area contributed by atoms with E-state index < -0.39 is 11.2 Å². The Hall–Kier alpha value is -3.92. The van der Waals surface area contributed by atoms with Crippen molar-refractivity contribution in [2.45, 2.75) is 38.0 Å². The van der Waals surface area contributed by atoms with Gasteiger partial charge in [0.1, 0.15) is 23.1 Å². The first-order chi connectivity index (χ1) is 16.0. The first-order valence-corrected chi connectivity index (χ1v) is 11.1. The van der Waals surface area contributed by atoms with Crippen LogP contribution in [0.4, 0.5) is 15.8 Å². The second kappa shape index (κ2) is 7.59. The lowest BCUT2D eigenvalue weighted by Gasteiger charge is -2.43. The highest BCUT2D eigenvalue weighted by Crippen LogP contribution is 2.56. The topological polar surface area (TPSA) is 90.4 Å². The van der Waals surface area contributed by atoms with Crippen molar-refractivity contribution in [1.82, 2.24) is 0 Å². The quantitative estimate of drug-likeness (QED) is 0.775. The number of benzene rings is 2. The summed E-state index contributed by atoms with van der Waals surface area (Å²) in [6.45, 7) is 2.41. The SMILES string of the molecule is CCCN1C(=O)[C@@]2(C(C#N)=C(N)N(c3ccccc3F)C3=C2C(=O)CCC3)c2ccccc21. The van der Waals surface area contributed by atoms with E-state index in [1.54, 1.807) is 35.2 Å². The highest BCUT2D eigenvalue weighted by atomic mass is 19.1. The number of halogens is 1. The Morgan fingerprint density at radius 2 is 1.79 bits per heavy atom. The minimum Gasteiger partial charge on any atom is -0.384 e. The number of para-hydroxylation sites is 2. The number of hydrogen-bond acceptors (Lipinski definition) is 5. The van der Waals surface area contributed by atoms with E-state index in [4.69, 9.17) is 5.73 Å². The number of Topliss-reactive ketones (excluding diaryl/α,β-unsaturated/α-hetero) is 1. The summed E-state index contributed by atoms with van der Waals surface area (Å²) in [6, 6.07) is 15.5. The van der Waals surface area contributed by atoms with E-state index in [0.717, 1.165) is 0 Å². The van der Waals surface area contributed by atoms with Crippen LogP contribution in [-0.2, 0) is 15.0 Å². The maximum Gasteiger partial charge on any atom is 0.247 e. The van der Waals surface area contributed by atoms with Gasteiger partial charge in [0.2, 0.25) is 5.91 Å². The fourth-order valence-electron chi connectivity index (χ4n) is 5.48. The molecule has 6 nitrogen and oxygen atoms in total. The molecule has 5 rings (SSSR count). The zero-order chi connectivity index (χ0) is 23.3. The van der Waals surface area contributed by atoms with E-state index in [1.165, 1.54) is 11.0 Å². The van der Waals surface area contributed by atoms with Gasteiger partial charge in [0.05, 0.1) is 11.3 Å². The number of ketones is 1. The fraction of sp³-hybridized carbons (Fsp3) is 0.269. The molecule has 2 aliphatic heterocycles. The Morgan fingerprint density at radius 3 is 2.48 bits per heavy atom. The molecule has 2 N–H and O–H groups in total. The van der Waals surface area contributed by atoms with E-state index in [-0.39, 0.29) is 40.8 Å². The largest absolute Gasteiger partial charge is 0.384 e. The molecular formula is C26H23FN4O2. The van der Waals surface area contributed by atoms with Crippen molar-refractivity contribution in [1.29, 1.82) is 5.26 Å². The van der Waals surface area contributed by atoms with Crippen molar-refractivity contribution < 1.29 is 14.0 Å². The maximum absolute atomic E-state index is 14.9. The third-order valence-electron chi connectivity index (χ3n) is 6.72. The van der Waals surface area contributed by atoms with E-state index >= 15 is 0 Å². The van der Waals surface area contributed by atoms with E-state index in [9.17, 15) is 19.2 Å². The summed E-state index contributed by atoms with van der Waals surface area (Å²) in [5.74, 6) is -1.10. The van der Waals surface area contributed by atoms with Gasteiger partial charge in [-0.05, 0) is 37.5 Å². The van der Waals surface area contributed by atoms with Crippen molar-refractivity contribution >= 4 is 23.1 Å².